The number of piperazine rings is 1. The summed E-state index contributed by atoms with van der Waals surface area (Å²) in [6.07, 6.45) is 0. The molecule has 0 bridgehead atoms. The van der Waals surface area contributed by atoms with Crippen molar-refractivity contribution < 1.29 is 9.59 Å². The van der Waals surface area contributed by atoms with Crippen LogP contribution in [-0.4, -0.2) is 43.0 Å². The minimum absolute atomic E-state index is 0.0779. The van der Waals surface area contributed by atoms with Crippen LogP contribution in [0.2, 0.25) is 0 Å². The van der Waals surface area contributed by atoms with Crippen molar-refractivity contribution in [2.75, 3.05) is 41.7 Å². The van der Waals surface area contributed by atoms with Gasteiger partial charge in [-0.25, -0.2) is 4.79 Å². The molecule has 0 radical (unpaired) electrons. The molecule has 3 amide bonds. The number of hydrogen-bond donors (Lipinski definition) is 2. The predicted molar refractivity (Wildman–Crippen MR) is 119 cm³/mol. The summed E-state index contributed by atoms with van der Waals surface area (Å²) in [5.41, 5.74) is 4.09. The molecule has 1 aliphatic heterocycles. The normalized spacial score (nSPS) is 14.5. The number of amides is 3. The third-order valence-corrected chi connectivity index (χ3v) is 5.08. The van der Waals surface area contributed by atoms with Gasteiger partial charge in [0.15, 0.2) is 0 Å². The number of anilines is 3. The van der Waals surface area contributed by atoms with Gasteiger partial charge in [0.25, 0.3) is 0 Å². The highest BCUT2D eigenvalue weighted by Gasteiger charge is 2.25. The molecule has 6 heteroatoms. The number of hydrogen-bond acceptors (Lipinski definition) is 3. The maximum atomic E-state index is 12.6. The molecule has 1 fully saturated rings. The third kappa shape index (κ3) is 5.28. The molecule has 6 nitrogen and oxygen atoms in total. The van der Waals surface area contributed by atoms with E-state index < -0.39 is 0 Å². The second-order valence-electron chi connectivity index (χ2n) is 8.43. The molecule has 1 heterocycles. The van der Waals surface area contributed by atoms with Gasteiger partial charge in [-0.15, -0.1) is 0 Å². The molecule has 154 valence electrons. The number of nitrogens with one attached hydrogen (secondary N) is 2. The Hall–Kier alpha value is -3.02. The van der Waals surface area contributed by atoms with Gasteiger partial charge >= 0.3 is 6.03 Å². The van der Waals surface area contributed by atoms with Crippen LogP contribution in [0, 0.1) is 0 Å². The average molecular weight is 395 g/mol. The van der Waals surface area contributed by atoms with Crippen LogP contribution in [0.1, 0.15) is 33.3 Å². The van der Waals surface area contributed by atoms with E-state index in [1.165, 1.54) is 18.2 Å². The fourth-order valence-electron chi connectivity index (χ4n) is 3.58. The Kier molecular flexibility index (Phi) is 6.11. The monoisotopic (exact) mass is 394 g/mol. The lowest BCUT2D eigenvalue weighted by Gasteiger charge is -2.38. The number of nitrogens with zero attached hydrogens (tertiary/aromatic N) is 2. The maximum absolute atomic E-state index is 12.6. The van der Waals surface area contributed by atoms with E-state index in [0.717, 1.165) is 13.1 Å². The van der Waals surface area contributed by atoms with Crippen LogP contribution in [0.3, 0.4) is 0 Å². The van der Waals surface area contributed by atoms with E-state index in [0.29, 0.717) is 24.5 Å². The molecule has 3 rings (SSSR count). The summed E-state index contributed by atoms with van der Waals surface area (Å²) in [6.45, 7) is 11.1. The largest absolute Gasteiger partial charge is 0.368 e. The topological polar surface area (TPSA) is 64.7 Å². The average Bonchev–Trinajstić information content (AvgIpc) is 2.68. The molecule has 2 aromatic rings. The van der Waals surface area contributed by atoms with Crippen molar-refractivity contribution in [3.63, 3.8) is 0 Å². The molecule has 0 unspecified atom stereocenters. The molecule has 29 heavy (non-hydrogen) atoms. The number of benzene rings is 2. The van der Waals surface area contributed by atoms with Crippen LogP contribution < -0.4 is 15.5 Å². The minimum atomic E-state index is -0.118. The van der Waals surface area contributed by atoms with Gasteiger partial charge < -0.3 is 20.4 Å². The van der Waals surface area contributed by atoms with Crippen molar-refractivity contribution in [2.24, 2.45) is 0 Å². The zero-order valence-corrected chi connectivity index (χ0v) is 17.7. The van der Waals surface area contributed by atoms with Gasteiger partial charge in [-0.05, 0) is 41.3 Å². The number of carbonyl (C=O) groups is 2. The molecular formula is C23H30N4O2. The van der Waals surface area contributed by atoms with E-state index >= 15 is 0 Å². The molecule has 0 spiro atoms. The summed E-state index contributed by atoms with van der Waals surface area (Å²) in [7, 11) is 0. The Morgan fingerprint density at radius 1 is 0.828 bits per heavy atom. The van der Waals surface area contributed by atoms with Crippen LogP contribution in [-0.2, 0) is 10.2 Å². The fourth-order valence-corrected chi connectivity index (χ4v) is 3.58. The minimum Gasteiger partial charge on any atom is -0.368 e. The zero-order valence-electron chi connectivity index (χ0n) is 17.7. The smallest absolute Gasteiger partial charge is 0.321 e. The van der Waals surface area contributed by atoms with E-state index in [4.69, 9.17) is 0 Å². The van der Waals surface area contributed by atoms with Crippen molar-refractivity contribution in [1.82, 2.24) is 4.90 Å². The molecule has 2 aromatic carbocycles. The third-order valence-electron chi connectivity index (χ3n) is 5.08. The first-order valence-corrected chi connectivity index (χ1v) is 10.0. The van der Waals surface area contributed by atoms with Gasteiger partial charge in [-0.3, -0.25) is 4.79 Å². The summed E-state index contributed by atoms with van der Waals surface area (Å²) >= 11 is 0. The standard InChI is InChI=1S/C23H30N4O2/c1-17(28)24-18-9-11-19(12-10-18)25-22(29)27-15-13-26(14-16-27)21-8-6-5-7-20(21)23(2,3)4/h5-12H,13-16H2,1-4H3,(H,24,28)(H,25,29). The summed E-state index contributed by atoms with van der Waals surface area (Å²) < 4.78 is 0. The highest BCUT2D eigenvalue weighted by molar-refractivity contribution is 5.91. The van der Waals surface area contributed by atoms with Crippen LogP contribution in [0.4, 0.5) is 21.9 Å². The molecule has 0 aromatic heterocycles. The molecule has 0 aliphatic carbocycles. The first-order valence-electron chi connectivity index (χ1n) is 10.0. The number of urea groups is 1. The van der Waals surface area contributed by atoms with Crippen molar-refractivity contribution >= 4 is 29.0 Å². The number of para-hydroxylation sites is 1. The first-order chi connectivity index (χ1) is 13.7. The maximum Gasteiger partial charge on any atom is 0.321 e. The van der Waals surface area contributed by atoms with Gasteiger partial charge in [0, 0.05) is 50.2 Å². The fraction of sp³-hybridized carbons (Fsp3) is 0.391. The number of carbonyl (C=O) groups excluding carboxylic acids is 2. The van der Waals surface area contributed by atoms with E-state index in [1.54, 1.807) is 24.3 Å². The second kappa shape index (κ2) is 8.55. The van der Waals surface area contributed by atoms with Crippen molar-refractivity contribution in [3.05, 3.63) is 54.1 Å². The summed E-state index contributed by atoms with van der Waals surface area (Å²) in [4.78, 5) is 27.9. The van der Waals surface area contributed by atoms with Gasteiger partial charge in [0.05, 0.1) is 0 Å². The summed E-state index contributed by atoms with van der Waals surface area (Å²) in [6, 6.07) is 15.6. The highest BCUT2D eigenvalue weighted by Crippen LogP contribution is 2.32. The highest BCUT2D eigenvalue weighted by atomic mass is 16.2. The molecule has 0 saturated carbocycles. The summed E-state index contributed by atoms with van der Waals surface area (Å²) in [5.74, 6) is -0.118. The second-order valence-corrected chi connectivity index (χ2v) is 8.43. The van der Waals surface area contributed by atoms with Crippen LogP contribution in [0.15, 0.2) is 48.5 Å². The predicted octanol–water partition coefficient (Wildman–Crippen LogP) is 4.30. The summed E-state index contributed by atoms with van der Waals surface area (Å²) in [5, 5.41) is 5.65. The van der Waals surface area contributed by atoms with Gasteiger partial charge in [0.1, 0.15) is 0 Å². The van der Waals surface area contributed by atoms with Crippen molar-refractivity contribution in [2.45, 2.75) is 33.1 Å². The Balaban J connectivity index is 1.58. The lowest BCUT2D eigenvalue weighted by molar-refractivity contribution is -0.114. The molecule has 1 saturated heterocycles. The number of rotatable bonds is 3. The van der Waals surface area contributed by atoms with Crippen molar-refractivity contribution in [3.8, 4) is 0 Å². The molecule has 1 aliphatic rings. The molecular weight excluding hydrogens is 364 g/mol. The molecule has 0 atom stereocenters. The quantitative estimate of drug-likeness (QED) is 0.816. The Morgan fingerprint density at radius 3 is 1.93 bits per heavy atom. The van der Waals surface area contributed by atoms with Crippen molar-refractivity contribution in [1.29, 1.82) is 0 Å². The van der Waals surface area contributed by atoms with E-state index in [9.17, 15) is 9.59 Å². The Bertz CT molecular complexity index is 863. The van der Waals surface area contributed by atoms with Crippen LogP contribution in [0.5, 0.6) is 0 Å². The Labute approximate surface area is 172 Å². The lowest BCUT2D eigenvalue weighted by atomic mass is 9.85. The van der Waals surface area contributed by atoms with E-state index in [2.05, 4.69) is 60.6 Å². The lowest BCUT2D eigenvalue weighted by Crippen LogP contribution is -2.50. The Morgan fingerprint density at radius 2 is 1.38 bits per heavy atom. The van der Waals surface area contributed by atoms with Gasteiger partial charge in [-0.1, -0.05) is 39.0 Å². The van der Waals surface area contributed by atoms with E-state index in [-0.39, 0.29) is 17.4 Å². The zero-order chi connectivity index (χ0) is 21.0. The van der Waals surface area contributed by atoms with E-state index in [1.807, 2.05) is 4.90 Å². The molecule has 2 N–H and O–H groups in total. The first kappa shape index (κ1) is 20.7. The van der Waals surface area contributed by atoms with Gasteiger partial charge in [0.2, 0.25) is 5.91 Å². The van der Waals surface area contributed by atoms with Crippen LogP contribution in [0.25, 0.3) is 0 Å². The SMILES string of the molecule is CC(=O)Nc1ccc(NC(=O)N2CCN(c3ccccc3C(C)(C)C)CC2)cc1. The van der Waals surface area contributed by atoms with Gasteiger partial charge in [-0.2, -0.15) is 0 Å². The van der Waals surface area contributed by atoms with Crippen LogP contribution >= 0.6 is 0 Å².